The fourth-order valence-corrected chi connectivity index (χ4v) is 2.85. The third kappa shape index (κ3) is 3.72. The van der Waals surface area contributed by atoms with Gasteiger partial charge in [-0.15, -0.1) is 0 Å². The summed E-state index contributed by atoms with van der Waals surface area (Å²) < 4.78 is 0. The number of hydrogen-bond acceptors (Lipinski definition) is 3. The SMILES string of the molecule is CCC(C)C(C)(O)CNC(=O)c1ccc2c(c1)CCN2C(C)=O. The molecule has 1 aliphatic rings. The van der Waals surface area contributed by atoms with Gasteiger partial charge in [-0.1, -0.05) is 20.3 Å². The van der Waals surface area contributed by atoms with Crippen molar-refractivity contribution < 1.29 is 14.7 Å². The lowest BCUT2D eigenvalue weighted by atomic mass is 9.88. The topological polar surface area (TPSA) is 69.6 Å². The van der Waals surface area contributed by atoms with Crippen LogP contribution in [0.4, 0.5) is 5.69 Å². The molecule has 0 saturated heterocycles. The van der Waals surface area contributed by atoms with E-state index in [0.29, 0.717) is 12.1 Å². The van der Waals surface area contributed by atoms with Crippen LogP contribution < -0.4 is 10.2 Å². The van der Waals surface area contributed by atoms with Crippen LogP contribution in [0.5, 0.6) is 0 Å². The minimum absolute atomic E-state index is 0.0190. The Hall–Kier alpha value is -1.88. The number of fused-ring (bicyclic) bond motifs is 1. The molecule has 0 spiro atoms. The van der Waals surface area contributed by atoms with Crippen molar-refractivity contribution in [2.75, 3.05) is 18.0 Å². The number of anilines is 1. The normalized spacial score (nSPS) is 17.3. The molecule has 5 heteroatoms. The highest BCUT2D eigenvalue weighted by molar-refractivity contribution is 5.97. The van der Waals surface area contributed by atoms with Gasteiger partial charge in [0, 0.05) is 31.3 Å². The molecule has 0 bridgehead atoms. The van der Waals surface area contributed by atoms with Gasteiger partial charge in [0.2, 0.25) is 5.91 Å². The molecule has 5 nitrogen and oxygen atoms in total. The van der Waals surface area contributed by atoms with Crippen molar-refractivity contribution in [2.24, 2.45) is 5.92 Å². The highest BCUT2D eigenvalue weighted by atomic mass is 16.3. The molecule has 23 heavy (non-hydrogen) atoms. The number of aliphatic hydroxyl groups is 1. The summed E-state index contributed by atoms with van der Waals surface area (Å²) >= 11 is 0. The van der Waals surface area contributed by atoms with Crippen molar-refractivity contribution in [1.82, 2.24) is 5.32 Å². The van der Waals surface area contributed by atoms with E-state index in [9.17, 15) is 14.7 Å². The molecule has 2 amide bonds. The maximum absolute atomic E-state index is 12.3. The molecule has 0 fully saturated rings. The number of carbonyl (C=O) groups excluding carboxylic acids is 2. The number of nitrogens with one attached hydrogen (secondary N) is 1. The molecule has 1 aromatic rings. The predicted octanol–water partition coefficient (Wildman–Crippen LogP) is 2.12. The van der Waals surface area contributed by atoms with Crippen molar-refractivity contribution in [2.45, 2.75) is 46.1 Å². The summed E-state index contributed by atoms with van der Waals surface area (Å²) in [6.45, 7) is 8.16. The van der Waals surface area contributed by atoms with E-state index in [1.54, 1.807) is 24.8 Å². The van der Waals surface area contributed by atoms with Crippen LogP contribution in [0.15, 0.2) is 18.2 Å². The second kappa shape index (κ2) is 6.71. The van der Waals surface area contributed by atoms with E-state index in [2.05, 4.69) is 5.32 Å². The first-order valence-corrected chi connectivity index (χ1v) is 8.18. The zero-order valence-electron chi connectivity index (χ0n) is 14.3. The average Bonchev–Trinajstić information content (AvgIpc) is 2.94. The fourth-order valence-electron chi connectivity index (χ4n) is 2.85. The number of hydrogen-bond donors (Lipinski definition) is 2. The van der Waals surface area contributed by atoms with E-state index >= 15 is 0 Å². The maximum atomic E-state index is 12.3. The molecule has 126 valence electrons. The van der Waals surface area contributed by atoms with Crippen molar-refractivity contribution in [1.29, 1.82) is 0 Å². The molecular weight excluding hydrogens is 292 g/mol. The van der Waals surface area contributed by atoms with E-state index in [1.165, 1.54) is 0 Å². The van der Waals surface area contributed by atoms with Gasteiger partial charge < -0.3 is 15.3 Å². The number of nitrogens with zero attached hydrogens (tertiary/aromatic N) is 1. The van der Waals surface area contributed by atoms with Crippen LogP contribution in [0, 0.1) is 5.92 Å². The summed E-state index contributed by atoms with van der Waals surface area (Å²) in [5.41, 5.74) is 1.54. The summed E-state index contributed by atoms with van der Waals surface area (Å²) in [5, 5.41) is 13.2. The molecule has 2 atom stereocenters. The molecule has 0 aliphatic carbocycles. The Kier molecular flexibility index (Phi) is 5.09. The van der Waals surface area contributed by atoms with Gasteiger partial charge in [-0.25, -0.2) is 0 Å². The Labute approximate surface area is 137 Å². The number of amides is 2. The maximum Gasteiger partial charge on any atom is 0.251 e. The Morgan fingerprint density at radius 3 is 2.74 bits per heavy atom. The summed E-state index contributed by atoms with van der Waals surface area (Å²) in [6, 6.07) is 5.39. The Morgan fingerprint density at radius 2 is 2.13 bits per heavy atom. The molecule has 2 N–H and O–H groups in total. The largest absolute Gasteiger partial charge is 0.388 e. The van der Waals surface area contributed by atoms with Crippen LogP contribution in [0.2, 0.25) is 0 Å². The van der Waals surface area contributed by atoms with Gasteiger partial charge in [0.15, 0.2) is 0 Å². The van der Waals surface area contributed by atoms with Crippen LogP contribution in [0.1, 0.15) is 50.0 Å². The predicted molar refractivity (Wildman–Crippen MR) is 90.6 cm³/mol. The molecule has 0 saturated carbocycles. The van der Waals surface area contributed by atoms with Gasteiger partial charge in [0.1, 0.15) is 0 Å². The van der Waals surface area contributed by atoms with Crippen LogP contribution in [-0.2, 0) is 11.2 Å². The van der Waals surface area contributed by atoms with Crippen molar-refractivity contribution >= 4 is 17.5 Å². The number of rotatable bonds is 5. The van der Waals surface area contributed by atoms with Gasteiger partial charge in [-0.3, -0.25) is 9.59 Å². The van der Waals surface area contributed by atoms with E-state index in [-0.39, 0.29) is 24.3 Å². The van der Waals surface area contributed by atoms with Gasteiger partial charge in [0.05, 0.1) is 5.60 Å². The highest BCUT2D eigenvalue weighted by Gasteiger charge is 2.28. The van der Waals surface area contributed by atoms with Crippen molar-refractivity contribution in [3.63, 3.8) is 0 Å². The Morgan fingerprint density at radius 1 is 1.43 bits per heavy atom. The van der Waals surface area contributed by atoms with Crippen molar-refractivity contribution in [3.05, 3.63) is 29.3 Å². The summed E-state index contributed by atoms with van der Waals surface area (Å²) in [6.07, 6.45) is 1.61. The lowest BCUT2D eigenvalue weighted by molar-refractivity contribution is -0.116. The van der Waals surface area contributed by atoms with E-state index in [0.717, 1.165) is 24.1 Å². The van der Waals surface area contributed by atoms with Crippen LogP contribution in [-0.4, -0.2) is 35.6 Å². The molecule has 0 radical (unpaired) electrons. The smallest absolute Gasteiger partial charge is 0.251 e. The first kappa shape index (κ1) is 17.5. The van der Waals surface area contributed by atoms with E-state index < -0.39 is 5.60 Å². The summed E-state index contributed by atoms with van der Waals surface area (Å²) in [7, 11) is 0. The Balaban J connectivity index is 2.06. The standard InChI is InChI=1S/C18H26N2O3/c1-5-12(2)18(4,23)11-19-17(22)15-6-7-16-14(10-15)8-9-20(16)13(3)21/h6-7,10,12,23H,5,8-9,11H2,1-4H3,(H,19,22). The average molecular weight is 318 g/mol. The minimum atomic E-state index is -0.924. The van der Waals surface area contributed by atoms with Crippen LogP contribution >= 0.6 is 0 Å². The van der Waals surface area contributed by atoms with Gasteiger partial charge in [-0.2, -0.15) is 0 Å². The zero-order chi connectivity index (χ0) is 17.2. The molecule has 0 aromatic heterocycles. The lowest BCUT2D eigenvalue weighted by Crippen LogP contribution is -2.45. The van der Waals surface area contributed by atoms with Crippen molar-refractivity contribution in [3.8, 4) is 0 Å². The van der Waals surface area contributed by atoms with E-state index in [4.69, 9.17) is 0 Å². The molecule has 1 aliphatic heterocycles. The minimum Gasteiger partial charge on any atom is -0.388 e. The second-order valence-corrected chi connectivity index (χ2v) is 6.61. The fraction of sp³-hybridized carbons (Fsp3) is 0.556. The second-order valence-electron chi connectivity index (χ2n) is 6.61. The van der Waals surface area contributed by atoms with E-state index in [1.807, 2.05) is 26.0 Å². The molecular formula is C18H26N2O3. The van der Waals surface area contributed by atoms with Gasteiger partial charge in [0.25, 0.3) is 5.91 Å². The number of carbonyl (C=O) groups is 2. The van der Waals surface area contributed by atoms with Crippen LogP contribution in [0.3, 0.4) is 0 Å². The number of benzene rings is 1. The summed E-state index contributed by atoms with van der Waals surface area (Å²) in [5.74, 6) is -0.0739. The first-order valence-electron chi connectivity index (χ1n) is 8.18. The molecule has 1 heterocycles. The third-order valence-electron chi connectivity index (χ3n) is 4.90. The quantitative estimate of drug-likeness (QED) is 0.874. The van der Waals surface area contributed by atoms with Crippen LogP contribution in [0.25, 0.3) is 0 Å². The molecule has 2 rings (SSSR count). The Bertz CT molecular complexity index is 610. The third-order valence-corrected chi connectivity index (χ3v) is 4.90. The molecule has 2 unspecified atom stereocenters. The highest BCUT2D eigenvalue weighted by Crippen LogP contribution is 2.29. The van der Waals surface area contributed by atoms with Gasteiger partial charge in [-0.05, 0) is 43.0 Å². The zero-order valence-corrected chi connectivity index (χ0v) is 14.3. The monoisotopic (exact) mass is 318 g/mol. The lowest BCUT2D eigenvalue weighted by Gasteiger charge is -2.29. The van der Waals surface area contributed by atoms with Gasteiger partial charge >= 0.3 is 0 Å². The first-order chi connectivity index (χ1) is 10.8. The summed E-state index contributed by atoms with van der Waals surface area (Å²) in [4.78, 5) is 25.6. The molecule has 1 aromatic carbocycles.